The van der Waals surface area contributed by atoms with Crippen LogP contribution in [-0.4, -0.2) is 91.1 Å². The number of benzene rings is 2. The number of aromatic nitrogens is 1. The van der Waals surface area contributed by atoms with E-state index in [1.54, 1.807) is 36.5 Å². The molecule has 0 saturated heterocycles. The summed E-state index contributed by atoms with van der Waals surface area (Å²) in [5, 5.41) is 28.4. The van der Waals surface area contributed by atoms with E-state index in [0.717, 1.165) is 56.1 Å². The molecule has 14 heteroatoms. The summed E-state index contributed by atoms with van der Waals surface area (Å²) >= 11 is 0. The number of unbranched alkanes of at least 4 members (excludes halogenated alkanes) is 11. The molecule has 6 rings (SSSR count). The predicted molar refractivity (Wildman–Crippen MR) is 268 cm³/mol. The molecule has 1 aliphatic heterocycles. The zero-order valence-electron chi connectivity index (χ0n) is 40.9. The molecule has 1 saturated carbocycles. The number of nitrogens with zero attached hydrogens (tertiary/aromatic N) is 3. The van der Waals surface area contributed by atoms with Gasteiger partial charge in [-0.25, -0.2) is 13.2 Å². The van der Waals surface area contributed by atoms with Gasteiger partial charge in [-0.1, -0.05) is 120 Å². The number of aliphatic hydroxyl groups is 2. The first-order valence-electron chi connectivity index (χ1n) is 25.7. The molecule has 1 amide bonds. The van der Waals surface area contributed by atoms with Crippen molar-refractivity contribution in [1.82, 2.24) is 14.6 Å². The third kappa shape index (κ3) is 12.7. The number of amides is 1. The SMILES string of the molecule is C=CCO[C@@]12Oc3ccc(OC(=O)NCCCCCCCCCCCC)cc3[C@H]3[C@H](CCCCO)[C@@H](CCCCO)C=C(C(=NOCC)C[C@@H]1N(CCC)S(=O)(=O)c1cccc4cccnc14)[C@H]32. The van der Waals surface area contributed by atoms with E-state index in [4.69, 9.17) is 24.2 Å². The fourth-order valence-corrected chi connectivity index (χ4v) is 12.7. The van der Waals surface area contributed by atoms with E-state index in [0.29, 0.717) is 60.5 Å². The van der Waals surface area contributed by atoms with Crippen LogP contribution >= 0.6 is 0 Å². The molecule has 0 bridgehead atoms. The molecule has 3 N–H and O–H groups in total. The van der Waals surface area contributed by atoms with Crippen LogP contribution in [0.5, 0.6) is 11.5 Å². The Kier molecular flexibility index (Phi) is 20.7. The van der Waals surface area contributed by atoms with Crippen LogP contribution in [0.15, 0.2) is 89.1 Å². The molecule has 3 aromatic rings. The van der Waals surface area contributed by atoms with E-state index < -0.39 is 33.9 Å². The largest absolute Gasteiger partial charge is 0.460 e. The summed E-state index contributed by atoms with van der Waals surface area (Å²) < 4.78 is 52.9. The zero-order valence-corrected chi connectivity index (χ0v) is 41.7. The van der Waals surface area contributed by atoms with Crippen molar-refractivity contribution in [3.05, 3.63) is 84.6 Å². The van der Waals surface area contributed by atoms with Crippen molar-refractivity contribution in [2.45, 2.75) is 159 Å². The van der Waals surface area contributed by atoms with Gasteiger partial charge >= 0.3 is 6.09 Å². The molecule has 13 nitrogen and oxygen atoms in total. The summed E-state index contributed by atoms with van der Waals surface area (Å²) in [5.41, 5.74) is 2.67. The molecular formula is C54H78N4O9S. The van der Waals surface area contributed by atoms with Gasteiger partial charge < -0.3 is 34.6 Å². The fourth-order valence-electron chi connectivity index (χ4n) is 10.9. The standard InChI is InChI=1S/C54H78N4O9S/c1-5-9-10-11-12-13-14-15-16-19-31-56-53(61)66-42-29-30-47-45(38-42)50-43(27-18-21-35-60)41(24-17-20-34-59)37-44-46(57-65-8-4)39-49(54(67-47,51(44)50)64-36-7-3)58(33-6-2)68(62,63)48-28-22-25-40-26-23-32-55-52(40)48/h7,22-23,25-26,28-30,32,37-38,41,43,49-51,59-60H,3,5-6,8-21,24,27,31,33-36,39H2,1-2,4H3,(H,56,61)/t41-,43+,49-,50+,51+,54+/m0/s1. The van der Waals surface area contributed by atoms with E-state index in [1.807, 2.05) is 38.1 Å². The number of nitrogens with one attached hydrogen (secondary N) is 1. The van der Waals surface area contributed by atoms with Gasteiger partial charge in [0, 0.05) is 55.8 Å². The Bertz CT molecular complexity index is 2250. The molecule has 1 fully saturated rings. The second-order valence-corrected chi connectivity index (χ2v) is 20.5. The zero-order chi connectivity index (χ0) is 48.4. The number of carbonyl (C=O) groups excluding carboxylic acids is 1. The second kappa shape index (κ2) is 26.6. The maximum Gasteiger partial charge on any atom is 0.412 e. The fraction of sp³-hybridized carbons (Fsp3) is 0.611. The first-order valence-corrected chi connectivity index (χ1v) is 27.1. The first-order chi connectivity index (χ1) is 33.2. The number of aliphatic hydroxyl groups excluding tert-OH is 2. The Morgan fingerprint density at radius 2 is 1.65 bits per heavy atom. The second-order valence-electron chi connectivity index (χ2n) is 18.6. The number of hydrogen-bond donors (Lipinski definition) is 3. The van der Waals surface area contributed by atoms with Crippen LogP contribution in [-0.2, 0) is 19.6 Å². The smallest absolute Gasteiger partial charge is 0.412 e. The monoisotopic (exact) mass is 959 g/mol. The minimum absolute atomic E-state index is 0.00842. The summed E-state index contributed by atoms with van der Waals surface area (Å²) in [5.74, 6) is -1.72. The van der Waals surface area contributed by atoms with Gasteiger partial charge in [0.2, 0.25) is 15.8 Å². The van der Waals surface area contributed by atoms with Crippen molar-refractivity contribution in [2.75, 3.05) is 39.5 Å². The molecule has 1 aromatic heterocycles. The predicted octanol–water partition coefficient (Wildman–Crippen LogP) is 11.0. The highest BCUT2D eigenvalue weighted by Gasteiger charge is 2.66. The van der Waals surface area contributed by atoms with Crippen molar-refractivity contribution in [2.24, 2.45) is 22.9 Å². The molecule has 2 heterocycles. The number of sulfonamides is 1. The minimum atomic E-state index is -4.29. The van der Waals surface area contributed by atoms with Gasteiger partial charge in [-0.2, -0.15) is 4.31 Å². The lowest BCUT2D eigenvalue weighted by Crippen LogP contribution is -2.70. The Balaban J connectivity index is 1.42. The Morgan fingerprint density at radius 3 is 2.35 bits per heavy atom. The third-order valence-corrected chi connectivity index (χ3v) is 15.9. The number of para-hydroxylation sites is 1. The highest BCUT2D eigenvalue weighted by molar-refractivity contribution is 7.89. The quantitative estimate of drug-likeness (QED) is 0.0332. The average Bonchev–Trinajstić information content (AvgIpc) is 3.34. The van der Waals surface area contributed by atoms with Crippen molar-refractivity contribution >= 4 is 32.7 Å². The van der Waals surface area contributed by atoms with Crippen LogP contribution in [0, 0.1) is 17.8 Å². The normalized spacial score (nSPS) is 22.6. The topological polar surface area (TPSA) is 169 Å². The number of carbonyl (C=O) groups is 1. The molecule has 374 valence electrons. The van der Waals surface area contributed by atoms with Crippen molar-refractivity contribution in [1.29, 1.82) is 0 Å². The number of hydrogen-bond acceptors (Lipinski definition) is 11. The number of allylic oxidation sites excluding steroid dienone is 1. The minimum Gasteiger partial charge on any atom is -0.460 e. The number of ether oxygens (including phenoxy) is 3. The van der Waals surface area contributed by atoms with E-state index in [1.165, 1.54) is 49.3 Å². The summed E-state index contributed by atoms with van der Waals surface area (Å²) in [6.07, 6.45) is 21.9. The van der Waals surface area contributed by atoms with Crippen LogP contribution in [0.4, 0.5) is 4.79 Å². The van der Waals surface area contributed by atoms with Gasteiger partial charge in [-0.3, -0.25) is 4.98 Å². The van der Waals surface area contributed by atoms with E-state index in [2.05, 4.69) is 29.9 Å². The highest BCUT2D eigenvalue weighted by Crippen LogP contribution is 2.62. The van der Waals surface area contributed by atoms with Crippen LogP contribution in [0.25, 0.3) is 10.9 Å². The maximum atomic E-state index is 15.5. The summed E-state index contributed by atoms with van der Waals surface area (Å²) in [6.45, 7) is 11.2. The van der Waals surface area contributed by atoms with Crippen molar-refractivity contribution in [3.8, 4) is 11.5 Å². The van der Waals surface area contributed by atoms with Crippen LogP contribution < -0.4 is 14.8 Å². The molecule has 2 aromatic carbocycles. The lowest BCUT2D eigenvalue weighted by molar-refractivity contribution is -0.251. The van der Waals surface area contributed by atoms with Gasteiger partial charge in [-0.05, 0) is 93.2 Å². The van der Waals surface area contributed by atoms with Gasteiger partial charge in [-0.15, -0.1) is 6.58 Å². The Hall–Kier alpha value is -4.34. The average molecular weight is 959 g/mol. The molecule has 68 heavy (non-hydrogen) atoms. The highest BCUT2D eigenvalue weighted by atomic mass is 32.2. The maximum absolute atomic E-state index is 15.5. The lowest BCUT2D eigenvalue weighted by atomic mass is 9.55. The van der Waals surface area contributed by atoms with Crippen molar-refractivity contribution < 1.29 is 42.5 Å². The molecule has 6 atom stereocenters. The molecular weight excluding hydrogens is 881 g/mol. The number of pyridine rings is 1. The number of oxime groups is 1. The van der Waals surface area contributed by atoms with E-state index >= 15 is 8.42 Å². The summed E-state index contributed by atoms with van der Waals surface area (Å²) in [6, 6.07) is 13.3. The van der Waals surface area contributed by atoms with Crippen molar-refractivity contribution in [3.63, 3.8) is 0 Å². The molecule has 3 aliphatic rings. The molecule has 0 radical (unpaired) electrons. The molecule has 0 spiro atoms. The van der Waals surface area contributed by atoms with E-state index in [9.17, 15) is 15.0 Å². The number of rotatable bonds is 30. The van der Waals surface area contributed by atoms with Gasteiger partial charge in [0.05, 0.1) is 29.8 Å². The van der Waals surface area contributed by atoms with Gasteiger partial charge in [0.1, 0.15) is 23.0 Å². The summed E-state index contributed by atoms with van der Waals surface area (Å²) in [4.78, 5) is 23.9. The lowest BCUT2D eigenvalue weighted by Gasteiger charge is -2.59. The Labute approximate surface area is 405 Å². The molecule has 0 unspecified atom stereocenters. The molecule has 2 aliphatic carbocycles. The van der Waals surface area contributed by atoms with Gasteiger partial charge in [0.15, 0.2) is 0 Å². The third-order valence-electron chi connectivity index (χ3n) is 13.9. The van der Waals surface area contributed by atoms with Crippen LogP contribution in [0.3, 0.4) is 0 Å². The number of fused-ring (bicyclic) bond motifs is 3. The van der Waals surface area contributed by atoms with Crippen LogP contribution in [0.2, 0.25) is 0 Å². The Morgan fingerprint density at radius 1 is 0.926 bits per heavy atom. The van der Waals surface area contributed by atoms with Gasteiger partial charge in [0.25, 0.3) is 0 Å². The summed E-state index contributed by atoms with van der Waals surface area (Å²) in [7, 11) is -4.29. The van der Waals surface area contributed by atoms with E-state index in [-0.39, 0.29) is 55.4 Å². The van der Waals surface area contributed by atoms with Crippen LogP contribution in [0.1, 0.15) is 148 Å². The first kappa shape index (κ1) is 53.0.